The van der Waals surface area contributed by atoms with Gasteiger partial charge >= 0.3 is 6.18 Å². The van der Waals surface area contributed by atoms with Crippen LogP contribution in [0.2, 0.25) is 5.02 Å². The standard InChI is InChI=1S/C39H45ClF3NO4/c1-25-7-6-17-37(2)32(16-18-38(37,47)24-44-19-4-3-5-20-44)29-12-9-26(21-28(45)11-8-25)22-30(29)36(46)35-15-14-34(48-35)31-23-27(39(41,42)43)10-13-33(31)40/h7,9-10,12-15,22-23,28,32,45,47H,3-6,8,11,16-21,24H2,1-2H3. The Morgan fingerprint density at radius 2 is 1.81 bits per heavy atom. The number of hydrogen-bond donors (Lipinski definition) is 2. The predicted octanol–water partition coefficient (Wildman–Crippen LogP) is 9.37. The number of furan rings is 1. The first-order valence-corrected chi connectivity index (χ1v) is 17.6. The molecular weight excluding hydrogens is 639 g/mol. The van der Waals surface area contributed by atoms with Crippen LogP contribution in [0.4, 0.5) is 13.2 Å². The first-order valence-electron chi connectivity index (χ1n) is 17.2. The van der Waals surface area contributed by atoms with Gasteiger partial charge in [-0.1, -0.05) is 48.7 Å². The average Bonchev–Trinajstić information content (AvgIpc) is 3.62. The van der Waals surface area contributed by atoms with Crippen molar-refractivity contribution in [1.29, 1.82) is 0 Å². The Bertz CT molecular complexity index is 1680. The van der Waals surface area contributed by atoms with Gasteiger partial charge in [0.2, 0.25) is 5.78 Å². The van der Waals surface area contributed by atoms with Gasteiger partial charge in [-0.15, -0.1) is 0 Å². The third-order valence-electron chi connectivity index (χ3n) is 11.2. The zero-order valence-corrected chi connectivity index (χ0v) is 28.5. The monoisotopic (exact) mass is 683 g/mol. The number of nitrogens with zero attached hydrogens (tertiary/aromatic N) is 1. The van der Waals surface area contributed by atoms with Gasteiger partial charge in [-0.05, 0) is 131 Å². The molecule has 9 heteroatoms. The number of fused-ring (bicyclic) bond motifs is 8. The van der Waals surface area contributed by atoms with Gasteiger partial charge in [0.15, 0.2) is 5.76 Å². The second kappa shape index (κ2) is 13.8. The maximum Gasteiger partial charge on any atom is 0.416 e. The molecule has 2 fully saturated rings. The summed E-state index contributed by atoms with van der Waals surface area (Å²) in [5, 5.41) is 23.5. The van der Waals surface area contributed by atoms with Gasteiger partial charge in [-0.3, -0.25) is 4.79 Å². The highest BCUT2D eigenvalue weighted by Crippen LogP contribution is 2.59. The van der Waals surface area contributed by atoms with E-state index in [2.05, 4.69) is 24.8 Å². The van der Waals surface area contributed by atoms with Crippen LogP contribution < -0.4 is 0 Å². The molecule has 1 saturated heterocycles. The lowest BCUT2D eigenvalue weighted by atomic mass is 9.64. The van der Waals surface area contributed by atoms with Crippen molar-refractivity contribution in [2.24, 2.45) is 5.41 Å². The van der Waals surface area contributed by atoms with Crippen molar-refractivity contribution >= 4 is 17.4 Å². The smallest absolute Gasteiger partial charge is 0.416 e. The Balaban J connectivity index is 1.41. The van der Waals surface area contributed by atoms with Crippen molar-refractivity contribution in [1.82, 2.24) is 4.90 Å². The van der Waals surface area contributed by atoms with E-state index in [4.69, 9.17) is 16.0 Å². The number of halogens is 4. The minimum Gasteiger partial charge on any atom is -0.453 e. The number of benzene rings is 2. The van der Waals surface area contributed by atoms with Gasteiger partial charge in [-0.25, -0.2) is 0 Å². The summed E-state index contributed by atoms with van der Waals surface area (Å²) in [7, 11) is 0. The molecule has 2 bridgehead atoms. The summed E-state index contributed by atoms with van der Waals surface area (Å²) in [6.07, 6.45) is 5.08. The zero-order chi connectivity index (χ0) is 34.3. The van der Waals surface area contributed by atoms with E-state index in [1.807, 2.05) is 18.2 Å². The fraction of sp³-hybridized carbons (Fsp3) is 0.513. The number of allylic oxidation sites excluding steroid dienone is 2. The first kappa shape index (κ1) is 34.9. The van der Waals surface area contributed by atoms with Crippen molar-refractivity contribution < 1.29 is 32.6 Å². The SMILES string of the molecule is CC1=CCCC2(C)C(CCC2(O)CN2CCCCC2)c2ccc(cc2C(=O)c2ccc(-c3cc(C(F)(F)F)ccc3Cl)o2)CC(O)CC1. The minimum absolute atomic E-state index is 0.0135. The predicted molar refractivity (Wildman–Crippen MR) is 181 cm³/mol. The van der Waals surface area contributed by atoms with E-state index in [1.165, 1.54) is 30.2 Å². The van der Waals surface area contributed by atoms with Crippen LogP contribution in [0.5, 0.6) is 0 Å². The third-order valence-corrected chi connectivity index (χ3v) is 11.6. The number of piperidine rings is 1. The van der Waals surface area contributed by atoms with E-state index in [-0.39, 0.29) is 28.0 Å². The van der Waals surface area contributed by atoms with Crippen LogP contribution in [0.25, 0.3) is 11.3 Å². The summed E-state index contributed by atoms with van der Waals surface area (Å²) in [6.45, 7) is 6.81. The van der Waals surface area contributed by atoms with Crippen LogP contribution in [0, 0.1) is 5.41 Å². The highest BCUT2D eigenvalue weighted by atomic mass is 35.5. The molecule has 1 saturated carbocycles. The molecule has 7 rings (SSSR count). The van der Waals surface area contributed by atoms with E-state index >= 15 is 0 Å². The maximum absolute atomic E-state index is 14.4. The molecule has 2 aromatic carbocycles. The third kappa shape index (κ3) is 7.05. The van der Waals surface area contributed by atoms with Crippen LogP contribution in [0.1, 0.15) is 110 Å². The molecule has 0 radical (unpaired) electrons. The van der Waals surface area contributed by atoms with Crippen molar-refractivity contribution in [3.8, 4) is 11.3 Å². The number of carbonyl (C=O) groups excluding carboxylic acids is 1. The number of aliphatic hydroxyl groups excluding tert-OH is 1. The van der Waals surface area contributed by atoms with Gasteiger partial charge < -0.3 is 19.5 Å². The van der Waals surface area contributed by atoms with Crippen LogP contribution in [0.15, 0.2) is 64.6 Å². The Hall–Kier alpha value is -2.91. The molecule has 4 unspecified atom stereocenters. The minimum atomic E-state index is -4.57. The zero-order valence-electron chi connectivity index (χ0n) is 27.7. The number of rotatable bonds is 5. The van der Waals surface area contributed by atoms with Gasteiger partial charge in [0.1, 0.15) is 5.76 Å². The van der Waals surface area contributed by atoms with Gasteiger partial charge in [-0.2, -0.15) is 13.2 Å². The fourth-order valence-electron chi connectivity index (χ4n) is 8.31. The normalized spacial score (nSPS) is 27.4. The lowest BCUT2D eigenvalue weighted by molar-refractivity contribution is -0.137. The highest BCUT2D eigenvalue weighted by molar-refractivity contribution is 6.33. The molecule has 4 aliphatic rings. The number of β-amino-alcohol motifs (C(OH)–C–C–N with tert-alkyl or cyclic N) is 1. The van der Waals surface area contributed by atoms with Crippen molar-refractivity contribution in [2.45, 2.75) is 102 Å². The molecule has 48 heavy (non-hydrogen) atoms. The Kier molecular flexibility index (Phi) is 10.0. The number of hydrogen-bond acceptors (Lipinski definition) is 5. The largest absolute Gasteiger partial charge is 0.453 e. The summed E-state index contributed by atoms with van der Waals surface area (Å²) in [5.41, 5.74) is 0.970. The first-order chi connectivity index (χ1) is 22.8. The number of likely N-dealkylation sites (tertiary alicyclic amines) is 1. The highest BCUT2D eigenvalue weighted by Gasteiger charge is 2.57. The Labute approximate surface area is 285 Å². The van der Waals surface area contributed by atoms with E-state index in [0.717, 1.165) is 68.5 Å². The molecule has 1 aliphatic heterocycles. The molecule has 258 valence electrons. The summed E-state index contributed by atoms with van der Waals surface area (Å²) in [4.78, 5) is 16.8. The lowest BCUT2D eigenvalue weighted by Gasteiger charge is -2.46. The fourth-order valence-corrected chi connectivity index (χ4v) is 8.52. The van der Waals surface area contributed by atoms with Gasteiger partial charge in [0.25, 0.3) is 0 Å². The number of aliphatic hydroxyl groups is 2. The van der Waals surface area contributed by atoms with Crippen LogP contribution in [-0.2, 0) is 12.6 Å². The Morgan fingerprint density at radius 3 is 2.56 bits per heavy atom. The quantitative estimate of drug-likeness (QED) is 0.207. The van der Waals surface area contributed by atoms with E-state index in [1.54, 1.807) is 0 Å². The molecule has 1 aromatic heterocycles. The van der Waals surface area contributed by atoms with E-state index in [0.29, 0.717) is 37.8 Å². The number of alkyl halides is 3. The molecule has 0 amide bonds. The number of ketones is 1. The molecule has 5 nitrogen and oxygen atoms in total. The van der Waals surface area contributed by atoms with Crippen LogP contribution in [-0.4, -0.2) is 52.2 Å². The number of carbonyl (C=O) groups is 1. The average molecular weight is 684 g/mol. The summed E-state index contributed by atoms with van der Waals surface area (Å²) in [6, 6.07) is 11.7. The summed E-state index contributed by atoms with van der Waals surface area (Å²) < 4.78 is 46.4. The molecule has 3 aliphatic carbocycles. The van der Waals surface area contributed by atoms with Crippen molar-refractivity contribution in [2.75, 3.05) is 19.6 Å². The van der Waals surface area contributed by atoms with Gasteiger partial charge in [0.05, 0.1) is 22.3 Å². The molecule has 4 atom stereocenters. The molecule has 0 spiro atoms. The van der Waals surface area contributed by atoms with Crippen molar-refractivity contribution in [3.63, 3.8) is 0 Å². The topological polar surface area (TPSA) is 73.9 Å². The van der Waals surface area contributed by atoms with E-state index < -0.39 is 34.6 Å². The molecule has 2 heterocycles. The lowest BCUT2D eigenvalue weighted by Crippen LogP contribution is -2.53. The van der Waals surface area contributed by atoms with Gasteiger partial charge in [0, 0.05) is 23.1 Å². The summed E-state index contributed by atoms with van der Waals surface area (Å²) in [5.74, 6) is -0.476. The molecule has 2 N–H and O–H groups in total. The molecular formula is C39H45ClF3NO4. The maximum atomic E-state index is 14.4. The van der Waals surface area contributed by atoms with E-state index in [9.17, 15) is 28.2 Å². The van der Waals surface area contributed by atoms with Crippen LogP contribution in [0.3, 0.4) is 0 Å². The second-order valence-corrected chi connectivity index (χ2v) is 14.9. The molecule has 3 aromatic rings. The Morgan fingerprint density at radius 1 is 1.04 bits per heavy atom. The van der Waals surface area contributed by atoms with Crippen molar-refractivity contribution in [3.05, 3.63) is 93.2 Å². The summed E-state index contributed by atoms with van der Waals surface area (Å²) >= 11 is 6.30. The second-order valence-electron chi connectivity index (χ2n) is 14.5. The van der Waals surface area contributed by atoms with Crippen LogP contribution >= 0.6 is 11.6 Å².